The van der Waals surface area contributed by atoms with Crippen LogP contribution in [0.5, 0.6) is 0 Å². The number of hydrogen-bond acceptors (Lipinski definition) is 2. The molecule has 13 aromatic carbocycles. The standard InChI is InChI=1S/C74H47BN2O/c1-5-21-46(22-6-1)37-59-55-31-15-16-32-56(55)60(38-47-23-7-2-8-24-47)62-45-67-65(44-61(59)62)75-72-68(76(67)53-40-51(48-25-9-3-10-26-48)39-52(41-53)49-27-11-4-12-28-49)42-50-29-13-14-30-54(50)70(72)64-43-63-57-33-18-20-36-69(57)78-74(63)71-58-34-17-19-35-66(58)77(75)73(64)71/h1-36,39-45H,37-38H2. The number of rotatable bonds is 7. The lowest BCUT2D eigenvalue weighted by Gasteiger charge is -2.41. The maximum absolute atomic E-state index is 7.04. The maximum Gasteiger partial charge on any atom is 0.333 e. The van der Waals surface area contributed by atoms with Gasteiger partial charge in [0, 0.05) is 49.8 Å². The Morgan fingerprint density at radius 3 is 1.58 bits per heavy atom. The van der Waals surface area contributed by atoms with Crippen molar-refractivity contribution in [3.63, 3.8) is 0 Å². The normalized spacial score (nSPS) is 12.7. The van der Waals surface area contributed by atoms with E-state index in [9.17, 15) is 0 Å². The van der Waals surface area contributed by atoms with Crippen LogP contribution in [0.1, 0.15) is 22.3 Å². The fraction of sp³-hybridized carbons (Fsp3) is 0.0270. The monoisotopic (exact) mass is 990 g/mol. The number of fused-ring (bicyclic) bond motifs is 15. The van der Waals surface area contributed by atoms with Crippen molar-refractivity contribution in [1.82, 2.24) is 4.48 Å². The van der Waals surface area contributed by atoms with E-state index in [0.717, 1.165) is 40.5 Å². The summed E-state index contributed by atoms with van der Waals surface area (Å²) >= 11 is 0. The molecule has 3 nitrogen and oxygen atoms in total. The number of anilines is 3. The highest BCUT2D eigenvalue weighted by Crippen LogP contribution is 2.52. The van der Waals surface area contributed by atoms with Gasteiger partial charge in [0.2, 0.25) is 0 Å². The predicted molar refractivity (Wildman–Crippen MR) is 329 cm³/mol. The summed E-state index contributed by atoms with van der Waals surface area (Å²) in [6.45, 7) is -0.202. The van der Waals surface area contributed by atoms with Gasteiger partial charge in [-0.1, -0.05) is 212 Å². The first-order valence-electron chi connectivity index (χ1n) is 27.3. The van der Waals surface area contributed by atoms with E-state index in [-0.39, 0.29) is 6.85 Å². The summed E-state index contributed by atoms with van der Waals surface area (Å²) in [6.07, 6.45) is 1.59. The van der Waals surface area contributed by atoms with Crippen LogP contribution in [0.25, 0.3) is 109 Å². The molecule has 0 bridgehead atoms. The zero-order valence-electron chi connectivity index (χ0n) is 42.6. The summed E-state index contributed by atoms with van der Waals surface area (Å²) in [5, 5.41) is 12.3. The molecule has 0 unspecified atom stereocenters. The van der Waals surface area contributed by atoms with E-state index in [0.29, 0.717) is 0 Å². The molecule has 78 heavy (non-hydrogen) atoms. The van der Waals surface area contributed by atoms with E-state index in [1.54, 1.807) is 0 Å². The Balaban J connectivity index is 1.08. The Bertz CT molecular complexity index is 4910. The Labute approximate surface area is 451 Å². The molecule has 0 saturated heterocycles. The van der Waals surface area contributed by atoms with Crippen molar-refractivity contribution in [3.8, 4) is 33.4 Å². The lowest BCUT2D eigenvalue weighted by atomic mass is 9.44. The van der Waals surface area contributed by atoms with E-state index in [1.807, 2.05) is 0 Å². The second-order valence-corrected chi connectivity index (χ2v) is 21.4. The van der Waals surface area contributed by atoms with Crippen molar-refractivity contribution in [2.24, 2.45) is 0 Å². The van der Waals surface area contributed by atoms with Crippen molar-refractivity contribution in [3.05, 3.63) is 283 Å². The van der Waals surface area contributed by atoms with Crippen LogP contribution in [0.2, 0.25) is 0 Å². The fourth-order valence-corrected chi connectivity index (χ4v) is 13.9. The molecule has 0 fully saturated rings. The summed E-state index contributed by atoms with van der Waals surface area (Å²) in [5.41, 5.74) is 22.8. The average Bonchev–Trinajstić information content (AvgIpc) is 4.24. The van der Waals surface area contributed by atoms with Crippen LogP contribution in [0, 0.1) is 0 Å². The first-order chi connectivity index (χ1) is 38.7. The third-order valence-electron chi connectivity index (χ3n) is 17.2. The lowest BCUT2D eigenvalue weighted by molar-refractivity contribution is 0.673. The van der Waals surface area contributed by atoms with Gasteiger partial charge in [-0.15, -0.1) is 0 Å². The number of furan rings is 1. The minimum Gasteiger partial charge on any atom is -0.455 e. The van der Waals surface area contributed by atoms with Crippen molar-refractivity contribution >= 4 is 111 Å². The SMILES string of the molecule is c1ccc(Cc2c3ccccc3c(Cc3ccccc3)c3cc4c(cc23)B2c3c(cc5ccccc5c3-c3cc5c6ccccc6oc5c5c6ccccc6n2c35)N4c2cc(-c3ccccc3)cc(-c3ccccc3)c2)cc1. The molecule has 4 heterocycles. The van der Waals surface area contributed by atoms with Crippen LogP contribution in [-0.4, -0.2) is 11.3 Å². The average molecular weight is 991 g/mol. The molecule has 0 amide bonds. The molecule has 0 N–H and O–H groups in total. The van der Waals surface area contributed by atoms with Gasteiger partial charge in [-0.2, -0.15) is 0 Å². The largest absolute Gasteiger partial charge is 0.455 e. The number of nitrogens with zero attached hydrogens (tertiary/aromatic N) is 2. The Hall–Kier alpha value is -9.90. The molecular formula is C74H47BN2O. The number of para-hydroxylation sites is 2. The van der Waals surface area contributed by atoms with E-state index in [1.165, 1.54) is 132 Å². The zero-order valence-corrected chi connectivity index (χ0v) is 42.6. The molecule has 4 heteroatoms. The van der Waals surface area contributed by atoms with E-state index >= 15 is 0 Å². The minimum atomic E-state index is -0.202. The third kappa shape index (κ3) is 6.35. The van der Waals surface area contributed by atoms with Crippen LogP contribution in [0.3, 0.4) is 0 Å². The molecule has 0 spiro atoms. The summed E-state index contributed by atoms with van der Waals surface area (Å²) < 4.78 is 9.75. The first kappa shape index (κ1) is 43.4. The molecule has 0 saturated carbocycles. The van der Waals surface area contributed by atoms with E-state index < -0.39 is 0 Å². The van der Waals surface area contributed by atoms with Crippen LogP contribution in [0.4, 0.5) is 17.1 Å². The van der Waals surface area contributed by atoms with Crippen molar-refractivity contribution in [2.45, 2.75) is 12.8 Å². The minimum absolute atomic E-state index is 0.202. The van der Waals surface area contributed by atoms with Gasteiger partial charge in [0.25, 0.3) is 0 Å². The van der Waals surface area contributed by atoms with Gasteiger partial charge < -0.3 is 13.8 Å². The second kappa shape index (κ2) is 16.8. The van der Waals surface area contributed by atoms with Crippen LogP contribution >= 0.6 is 0 Å². The van der Waals surface area contributed by atoms with Crippen LogP contribution in [0.15, 0.2) is 265 Å². The molecule has 15 aromatic rings. The number of benzene rings is 13. The van der Waals surface area contributed by atoms with Gasteiger partial charge in [-0.05, 0) is 155 Å². The van der Waals surface area contributed by atoms with Gasteiger partial charge >= 0.3 is 6.85 Å². The highest BCUT2D eigenvalue weighted by molar-refractivity contribution is 6.90. The Morgan fingerprint density at radius 1 is 0.385 bits per heavy atom. The topological polar surface area (TPSA) is 21.3 Å². The van der Waals surface area contributed by atoms with Gasteiger partial charge in [-0.3, -0.25) is 0 Å². The number of hydrogen-bond donors (Lipinski definition) is 0. The molecule has 0 aliphatic carbocycles. The maximum atomic E-state index is 7.04. The summed E-state index contributed by atoms with van der Waals surface area (Å²) in [7, 11) is 0. The van der Waals surface area contributed by atoms with Gasteiger partial charge in [-0.25, -0.2) is 0 Å². The quantitative estimate of drug-likeness (QED) is 0.117. The van der Waals surface area contributed by atoms with Crippen LogP contribution in [-0.2, 0) is 12.8 Å². The lowest BCUT2D eigenvalue weighted by Crippen LogP contribution is -2.56. The highest BCUT2D eigenvalue weighted by Gasteiger charge is 2.45. The van der Waals surface area contributed by atoms with Crippen molar-refractivity contribution < 1.29 is 4.42 Å². The summed E-state index contributed by atoms with van der Waals surface area (Å²) in [6, 6.07) is 97.3. The second-order valence-electron chi connectivity index (χ2n) is 21.4. The molecule has 0 atom stereocenters. The highest BCUT2D eigenvalue weighted by atomic mass is 16.3. The van der Waals surface area contributed by atoms with E-state index in [4.69, 9.17) is 4.42 Å². The molecule has 2 aliphatic rings. The molecule has 2 aromatic heterocycles. The predicted octanol–water partition coefficient (Wildman–Crippen LogP) is 18.1. The molecule has 17 rings (SSSR count). The molecular weight excluding hydrogens is 944 g/mol. The van der Waals surface area contributed by atoms with Crippen LogP contribution < -0.4 is 15.8 Å². The van der Waals surface area contributed by atoms with Gasteiger partial charge in [0.05, 0.1) is 5.39 Å². The Kier molecular flexibility index (Phi) is 9.34. The zero-order chi connectivity index (χ0) is 51.0. The Morgan fingerprint density at radius 2 is 0.923 bits per heavy atom. The van der Waals surface area contributed by atoms with Gasteiger partial charge in [0.1, 0.15) is 11.2 Å². The smallest absolute Gasteiger partial charge is 0.333 e. The molecule has 362 valence electrons. The number of aromatic nitrogens is 1. The fourth-order valence-electron chi connectivity index (χ4n) is 13.9. The third-order valence-corrected chi connectivity index (χ3v) is 17.2. The summed E-state index contributed by atoms with van der Waals surface area (Å²) in [5.74, 6) is 0. The van der Waals surface area contributed by atoms with Crippen molar-refractivity contribution in [2.75, 3.05) is 4.90 Å². The summed E-state index contributed by atoms with van der Waals surface area (Å²) in [4.78, 5) is 2.65. The molecule has 2 aliphatic heterocycles. The van der Waals surface area contributed by atoms with Gasteiger partial charge in [0.15, 0.2) is 0 Å². The van der Waals surface area contributed by atoms with E-state index in [2.05, 4.69) is 270 Å². The van der Waals surface area contributed by atoms with Crippen molar-refractivity contribution in [1.29, 1.82) is 0 Å². The molecule has 0 radical (unpaired) electrons. The first-order valence-corrected chi connectivity index (χ1v) is 27.3.